The molecule has 4 nitrogen and oxygen atoms in total. The Labute approximate surface area is 129 Å². The molecule has 2 aliphatic rings. The lowest BCUT2D eigenvalue weighted by Gasteiger charge is -2.14. The largest absolute Gasteiger partial charge is 0.239 e. The zero-order valence-electron chi connectivity index (χ0n) is 13.8. The van der Waals surface area contributed by atoms with E-state index in [9.17, 15) is 0 Å². The molecule has 2 atom stereocenters. The van der Waals surface area contributed by atoms with Gasteiger partial charge in [0.15, 0.2) is 0 Å². The maximum Gasteiger partial charge on any atom is 0.239 e. The van der Waals surface area contributed by atoms with E-state index < -0.39 is 5.79 Å². The fourth-order valence-electron chi connectivity index (χ4n) is 3.20. The molecular weight excluding hydrogens is 268 g/mol. The molecule has 0 aromatic carbocycles. The molecule has 2 aliphatic heterocycles. The van der Waals surface area contributed by atoms with Crippen molar-refractivity contribution in [1.29, 1.82) is 0 Å². The van der Waals surface area contributed by atoms with Crippen molar-refractivity contribution in [2.75, 3.05) is 0 Å². The van der Waals surface area contributed by atoms with E-state index in [0.717, 1.165) is 25.7 Å². The summed E-state index contributed by atoms with van der Waals surface area (Å²) >= 11 is 0. The van der Waals surface area contributed by atoms with Gasteiger partial charge in [0, 0.05) is 12.8 Å². The first-order valence-corrected chi connectivity index (χ1v) is 8.97. The summed E-state index contributed by atoms with van der Waals surface area (Å²) in [6, 6.07) is 0. The zero-order valence-corrected chi connectivity index (χ0v) is 13.8. The Bertz CT molecular complexity index is 254. The second-order valence-corrected chi connectivity index (χ2v) is 6.62. The molecule has 1 spiro atoms. The van der Waals surface area contributed by atoms with Gasteiger partial charge in [-0.25, -0.2) is 9.78 Å². The van der Waals surface area contributed by atoms with Crippen molar-refractivity contribution in [3.63, 3.8) is 0 Å². The Hall–Kier alpha value is -0.160. The molecule has 21 heavy (non-hydrogen) atoms. The van der Waals surface area contributed by atoms with E-state index in [1.807, 2.05) is 0 Å². The van der Waals surface area contributed by atoms with Crippen LogP contribution in [0.3, 0.4) is 0 Å². The Morgan fingerprint density at radius 3 is 1.62 bits per heavy atom. The third-order valence-electron chi connectivity index (χ3n) is 4.51. The molecule has 4 heteroatoms. The van der Waals surface area contributed by atoms with Gasteiger partial charge in [-0.1, -0.05) is 65.2 Å². The minimum Gasteiger partial charge on any atom is -0.230 e. The van der Waals surface area contributed by atoms with Crippen molar-refractivity contribution >= 4 is 0 Å². The highest BCUT2D eigenvalue weighted by atomic mass is 17.3. The van der Waals surface area contributed by atoms with Gasteiger partial charge < -0.3 is 0 Å². The van der Waals surface area contributed by atoms with E-state index >= 15 is 0 Å². The molecule has 2 saturated heterocycles. The van der Waals surface area contributed by atoms with Crippen molar-refractivity contribution in [3.05, 3.63) is 0 Å². The number of rotatable bonds is 10. The number of hydrogen-bond acceptors (Lipinski definition) is 4. The van der Waals surface area contributed by atoms with Gasteiger partial charge in [0.05, 0.1) is 12.2 Å². The van der Waals surface area contributed by atoms with Crippen LogP contribution in [0.5, 0.6) is 0 Å². The van der Waals surface area contributed by atoms with Crippen LogP contribution in [-0.4, -0.2) is 18.0 Å². The monoisotopic (exact) mass is 300 g/mol. The SMILES string of the molecule is CCCCCCC1CC2(CC(CCCCCC)OO2)OO1. The van der Waals surface area contributed by atoms with Crippen molar-refractivity contribution in [1.82, 2.24) is 0 Å². The summed E-state index contributed by atoms with van der Waals surface area (Å²) in [4.78, 5) is 21.9. The molecule has 2 heterocycles. The first-order chi connectivity index (χ1) is 10.3. The van der Waals surface area contributed by atoms with Gasteiger partial charge in [-0.05, 0) is 12.8 Å². The number of unbranched alkanes of at least 4 members (excludes halogenated alkanes) is 6. The fraction of sp³-hybridized carbons (Fsp3) is 1.00. The molecule has 0 saturated carbocycles. The molecule has 0 aromatic rings. The predicted octanol–water partition coefficient (Wildman–Crippen LogP) is 5.06. The minimum absolute atomic E-state index is 0.171. The Morgan fingerprint density at radius 1 is 0.714 bits per heavy atom. The van der Waals surface area contributed by atoms with E-state index in [1.54, 1.807) is 0 Å². The molecule has 0 amide bonds. The minimum atomic E-state index is -0.620. The summed E-state index contributed by atoms with van der Waals surface area (Å²) in [5.41, 5.74) is 0. The standard InChI is InChI=1S/C17H32O4/c1-3-5-7-9-11-15-13-17(20-18-15)14-16(19-21-17)12-10-8-6-4-2/h15-16H,3-14H2,1-2H3. The highest BCUT2D eigenvalue weighted by Gasteiger charge is 2.51. The molecule has 2 fully saturated rings. The van der Waals surface area contributed by atoms with Crippen LogP contribution in [0, 0.1) is 0 Å². The molecule has 0 bridgehead atoms. The van der Waals surface area contributed by atoms with Gasteiger partial charge in [-0.2, -0.15) is 9.78 Å². The topological polar surface area (TPSA) is 36.9 Å². The summed E-state index contributed by atoms with van der Waals surface area (Å²) in [6.07, 6.45) is 14.2. The first-order valence-electron chi connectivity index (χ1n) is 8.97. The fourth-order valence-corrected chi connectivity index (χ4v) is 3.20. The lowest BCUT2D eigenvalue weighted by Crippen LogP contribution is -2.27. The van der Waals surface area contributed by atoms with E-state index in [0.29, 0.717) is 0 Å². The van der Waals surface area contributed by atoms with Crippen LogP contribution in [-0.2, 0) is 19.6 Å². The Kier molecular flexibility index (Phi) is 7.44. The van der Waals surface area contributed by atoms with E-state index in [2.05, 4.69) is 13.8 Å². The maximum atomic E-state index is 5.48. The predicted molar refractivity (Wildman–Crippen MR) is 81.4 cm³/mol. The van der Waals surface area contributed by atoms with E-state index in [-0.39, 0.29) is 12.2 Å². The second-order valence-electron chi connectivity index (χ2n) is 6.62. The molecule has 0 N–H and O–H groups in total. The summed E-state index contributed by atoms with van der Waals surface area (Å²) in [5.74, 6) is -0.620. The molecule has 2 rings (SSSR count). The highest BCUT2D eigenvalue weighted by molar-refractivity contribution is 4.83. The highest BCUT2D eigenvalue weighted by Crippen LogP contribution is 2.41. The van der Waals surface area contributed by atoms with Crippen LogP contribution < -0.4 is 0 Å². The van der Waals surface area contributed by atoms with Gasteiger partial charge in [-0.15, -0.1) is 0 Å². The first kappa shape index (κ1) is 17.2. The Balaban J connectivity index is 1.61. The van der Waals surface area contributed by atoms with E-state index in [1.165, 1.54) is 51.4 Å². The van der Waals surface area contributed by atoms with Crippen molar-refractivity contribution in [2.45, 2.75) is 109 Å². The smallest absolute Gasteiger partial charge is 0.230 e. The molecular formula is C17H32O4. The Morgan fingerprint density at radius 2 is 1.19 bits per heavy atom. The van der Waals surface area contributed by atoms with Crippen LogP contribution in [0.4, 0.5) is 0 Å². The molecule has 124 valence electrons. The van der Waals surface area contributed by atoms with Gasteiger partial charge in [0.1, 0.15) is 0 Å². The summed E-state index contributed by atoms with van der Waals surface area (Å²) in [6.45, 7) is 4.46. The third kappa shape index (κ3) is 5.51. The molecule has 2 unspecified atom stereocenters. The molecule has 0 aliphatic carbocycles. The quantitative estimate of drug-likeness (QED) is 0.417. The lowest BCUT2D eigenvalue weighted by atomic mass is 9.97. The average Bonchev–Trinajstić information content (AvgIpc) is 3.08. The average molecular weight is 300 g/mol. The van der Waals surface area contributed by atoms with Crippen LogP contribution in [0.25, 0.3) is 0 Å². The van der Waals surface area contributed by atoms with E-state index in [4.69, 9.17) is 19.6 Å². The second kappa shape index (κ2) is 9.09. The summed E-state index contributed by atoms with van der Waals surface area (Å²) in [7, 11) is 0. The van der Waals surface area contributed by atoms with Crippen LogP contribution in [0.15, 0.2) is 0 Å². The van der Waals surface area contributed by atoms with Gasteiger partial charge in [0.25, 0.3) is 0 Å². The maximum absolute atomic E-state index is 5.48. The molecule has 0 aromatic heterocycles. The lowest BCUT2D eigenvalue weighted by molar-refractivity contribution is -0.449. The zero-order chi connectivity index (χ0) is 15.0. The van der Waals surface area contributed by atoms with Crippen LogP contribution in [0.1, 0.15) is 90.9 Å². The third-order valence-corrected chi connectivity index (χ3v) is 4.51. The molecule has 0 radical (unpaired) electrons. The summed E-state index contributed by atoms with van der Waals surface area (Å²) < 4.78 is 0. The normalized spacial score (nSPS) is 32.3. The van der Waals surface area contributed by atoms with Crippen LogP contribution >= 0.6 is 0 Å². The van der Waals surface area contributed by atoms with Crippen molar-refractivity contribution in [2.24, 2.45) is 0 Å². The summed E-state index contributed by atoms with van der Waals surface area (Å²) in [5, 5.41) is 0. The van der Waals surface area contributed by atoms with Crippen molar-refractivity contribution in [3.8, 4) is 0 Å². The van der Waals surface area contributed by atoms with Crippen molar-refractivity contribution < 1.29 is 19.6 Å². The van der Waals surface area contributed by atoms with Gasteiger partial charge in [0.2, 0.25) is 5.79 Å². The van der Waals surface area contributed by atoms with Gasteiger partial charge >= 0.3 is 0 Å². The van der Waals surface area contributed by atoms with Crippen LogP contribution in [0.2, 0.25) is 0 Å². The van der Waals surface area contributed by atoms with Gasteiger partial charge in [-0.3, -0.25) is 0 Å². The number of hydrogen-bond donors (Lipinski definition) is 0.